The van der Waals surface area contributed by atoms with Crippen LogP contribution in [0.25, 0.3) is 22.4 Å². The van der Waals surface area contributed by atoms with Crippen molar-refractivity contribution in [3.63, 3.8) is 0 Å². The first-order valence-corrected chi connectivity index (χ1v) is 14.5. The summed E-state index contributed by atoms with van der Waals surface area (Å²) in [6, 6.07) is 7.61. The Balaban J connectivity index is 1.73. The number of aliphatic hydroxyl groups excluding tert-OH is 1. The highest BCUT2D eigenvalue weighted by Crippen LogP contribution is 2.39. The number of methoxy groups -OCH3 is 1. The molecular formula is C29H40ClN7O3. The Morgan fingerprint density at radius 2 is 1.95 bits per heavy atom. The van der Waals surface area contributed by atoms with Gasteiger partial charge in [0.15, 0.2) is 5.65 Å². The van der Waals surface area contributed by atoms with Gasteiger partial charge >= 0.3 is 0 Å². The van der Waals surface area contributed by atoms with Crippen molar-refractivity contribution in [3.05, 3.63) is 35.1 Å². The fraction of sp³-hybridized carbons (Fsp3) is 0.586. The number of ether oxygens (including phenoxy) is 2. The summed E-state index contributed by atoms with van der Waals surface area (Å²) in [5, 5.41) is 18.5. The zero-order valence-corrected chi connectivity index (χ0v) is 24.5. The zero-order valence-electron chi connectivity index (χ0n) is 23.7. The van der Waals surface area contributed by atoms with Crippen LogP contribution in [0, 0.1) is 17.2 Å². The number of benzene rings is 1. The van der Waals surface area contributed by atoms with Crippen molar-refractivity contribution in [2.45, 2.75) is 83.9 Å². The Kier molecular flexibility index (Phi) is 8.33. The number of imidazole rings is 1. The Bertz CT molecular complexity index is 1370. The van der Waals surface area contributed by atoms with Gasteiger partial charge in [0, 0.05) is 30.8 Å². The van der Waals surface area contributed by atoms with Gasteiger partial charge in [0.1, 0.15) is 11.2 Å². The summed E-state index contributed by atoms with van der Waals surface area (Å²) in [6.07, 6.45) is 5.12. The second kappa shape index (κ2) is 11.6. The molecule has 3 aromatic rings. The van der Waals surface area contributed by atoms with E-state index in [1.54, 1.807) is 7.11 Å². The molecule has 2 aromatic heterocycles. The average molecular weight is 570 g/mol. The summed E-state index contributed by atoms with van der Waals surface area (Å²) in [5.74, 6) is 1.64. The molecule has 3 heterocycles. The number of hydrogen-bond donors (Lipinski definition) is 3. The first-order chi connectivity index (χ1) is 19.1. The SMILES string of the molecule is COC(C)(C)C1CCCN1c1nc2nc(C(=N)OC(N)O)nc(-c3cccc(Cl)c3)c2n1CC1CCC(C)CC1. The minimum atomic E-state index is -1.66. The summed E-state index contributed by atoms with van der Waals surface area (Å²) in [7, 11) is 1.76. The molecule has 1 aliphatic carbocycles. The average Bonchev–Trinajstić information content (AvgIpc) is 3.55. The lowest BCUT2D eigenvalue weighted by Crippen LogP contribution is -2.48. The van der Waals surface area contributed by atoms with Crippen molar-refractivity contribution in [1.82, 2.24) is 19.5 Å². The van der Waals surface area contributed by atoms with Gasteiger partial charge in [0.2, 0.25) is 11.8 Å². The molecule has 40 heavy (non-hydrogen) atoms. The Morgan fingerprint density at radius 1 is 1.20 bits per heavy atom. The molecule has 2 unspecified atom stereocenters. The molecule has 1 aliphatic heterocycles. The molecule has 0 spiro atoms. The Labute approximate surface area is 240 Å². The molecule has 0 amide bonds. The number of aliphatic hydroxyl groups is 1. The minimum absolute atomic E-state index is 0.00939. The van der Waals surface area contributed by atoms with E-state index in [-0.39, 0.29) is 17.5 Å². The number of aromatic nitrogens is 4. The van der Waals surface area contributed by atoms with E-state index >= 15 is 0 Å². The van der Waals surface area contributed by atoms with Gasteiger partial charge < -0.3 is 24.0 Å². The fourth-order valence-electron chi connectivity index (χ4n) is 6.16. The molecule has 0 bridgehead atoms. The van der Waals surface area contributed by atoms with Gasteiger partial charge in [-0.1, -0.05) is 43.5 Å². The molecular weight excluding hydrogens is 530 g/mol. The fourth-order valence-corrected chi connectivity index (χ4v) is 6.35. The Morgan fingerprint density at radius 3 is 2.62 bits per heavy atom. The van der Waals surface area contributed by atoms with Crippen LogP contribution in [0.2, 0.25) is 5.02 Å². The van der Waals surface area contributed by atoms with Crippen LogP contribution in [-0.4, -0.2) is 62.2 Å². The highest BCUT2D eigenvalue weighted by atomic mass is 35.5. The predicted octanol–water partition coefficient (Wildman–Crippen LogP) is 4.94. The predicted molar refractivity (Wildman–Crippen MR) is 156 cm³/mol. The summed E-state index contributed by atoms with van der Waals surface area (Å²) < 4.78 is 13.3. The van der Waals surface area contributed by atoms with Crippen LogP contribution in [0.5, 0.6) is 0 Å². The summed E-state index contributed by atoms with van der Waals surface area (Å²) in [5.41, 5.74) is 7.65. The molecule has 0 radical (unpaired) electrons. The van der Waals surface area contributed by atoms with Gasteiger partial charge in [-0.25, -0.2) is 9.97 Å². The third kappa shape index (κ3) is 5.81. The third-order valence-electron chi connectivity index (χ3n) is 8.54. The van der Waals surface area contributed by atoms with E-state index in [9.17, 15) is 5.11 Å². The van der Waals surface area contributed by atoms with Gasteiger partial charge in [-0.2, -0.15) is 4.98 Å². The smallest absolute Gasteiger partial charge is 0.256 e. The van der Waals surface area contributed by atoms with Crippen LogP contribution in [0.15, 0.2) is 24.3 Å². The van der Waals surface area contributed by atoms with Gasteiger partial charge in [-0.05, 0) is 63.5 Å². The van der Waals surface area contributed by atoms with Crippen LogP contribution in [0.3, 0.4) is 0 Å². The number of fused-ring (bicyclic) bond motifs is 1. The number of rotatable bonds is 8. The standard InChI is InChI=1S/C29H40ClN7O3/c1-17-10-12-18(13-11-17)16-37-23-22(19-7-5-8-20(30)15-19)33-26(24(31)40-27(32)38)34-25(23)35-28(37)36-14-6-9-21(36)29(2,3)39-4/h5,7-8,15,17-18,21,27,31,38H,6,9-14,16,32H2,1-4H3. The van der Waals surface area contributed by atoms with Crippen LogP contribution in [0.4, 0.5) is 5.95 Å². The molecule has 2 aliphatic rings. The monoisotopic (exact) mass is 569 g/mol. The van der Waals surface area contributed by atoms with Crippen molar-refractivity contribution in [2.75, 3.05) is 18.6 Å². The summed E-state index contributed by atoms with van der Waals surface area (Å²) in [4.78, 5) is 16.9. The maximum Gasteiger partial charge on any atom is 0.256 e. The molecule has 11 heteroatoms. The van der Waals surface area contributed by atoms with E-state index < -0.39 is 12.3 Å². The first kappa shape index (κ1) is 28.7. The first-order valence-electron chi connectivity index (χ1n) is 14.1. The maximum atomic E-state index is 9.55. The normalized spacial score (nSPS) is 22.6. The number of hydrogen-bond acceptors (Lipinski definition) is 9. The maximum absolute atomic E-state index is 9.55. The Hall–Kier alpha value is -2.79. The number of anilines is 1. The van der Waals surface area contributed by atoms with Crippen molar-refractivity contribution < 1.29 is 14.6 Å². The van der Waals surface area contributed by atoms with Gasteiger partial charge in [-0.3, -0.25) is 11.1 Å². The second-order valence-electron chi connectivity index (χ2n) is 11.7. The number of nitrogens with one attached hydrogen (secondary N) is 1. The number of nitrogens with zero attached hydrogens (tertiary/aromatic N) is 5. The van der Waals surface area contributed by atoms with E-state index in [1.165, 1.54) is 12.8 Å². The molecule has 5 rings (SSSR count). The molecule has 1 saturated heterocycles. The van der Waals surface area contributed by atoms with Crippen LogP contribution in [-0.2, 0) is 16.0 Å². The third-order valence-corrected chi connectivity index (χ3v) is 8.77. The largest absolute Gasteiger partial charge is 0.432 e. The quantitative estimate of drug-likeness (QED) is 0.197. The molecule has 2 atom stereocenters. The lowest BCUT2D eigenvalue weighted by molar-refractivity contribution is -0.0217. The lowest BCUT2D eigenvalue weighted by atomic mass is 9.83. The van der Waals surface area contributed by atoms with Crippen molar-refractivity contribution in [1.29, 1.82) is 5.41 Å². The topological polar surface area (TPSA) is 135 Å². The molecule has 1 aromatic carbocycles. The van der Waals surface area contributed by atoms with Crippen LogP contribution < -0.4 is 10.6 Å². The van der Waals surface area contributed by atoms with Gasteiger partial charge in [-0.15, -0.1) is 0 Å². The lowest BCUT2D eigenvalue weighted by Gasteiger charge is -2.37. The molecule has 4 N–H and O–H groups in total. The van der Waals surface area contributed by atoms with Crippen molar-refractivity contribution in [3.8, 4) is 11.3 Å². The van der Waals surface area contributed by atoms with Crippen LogP contribution >= 0.6 is 11.6 Å². The van der Waals surface area contributed by atoms with Crippen molar-refractivity contribution >= 4 is 34.6 Å². The molecule has 10 nitrogen and oxygen atoms in total. The second-order valence-corrected chi connectivity index (χ2v) is 12.2. The van der Waals surface area contributed by atoms with Crippen molar-refractivity contribution in [2.24, 2.45) is 17.6 Å². The van der Waals surface area contributed by atoms with Crippen LogP contribution in [0.1, 0.15) is 65.1 Å². The highest BCUT2D eigenvalue weighted by Gasteiger charge is 2.40. The van der Waals surface area contributed by atoms with E-state index in [0.717, 1.165) is 61.7 Å². The van der Waals surface area contributed by atoms with E-state index in [2.05, 4.69) is 35.2 Å². The van der Waals surface area contributed by atoms with E-state index in [1.807, 2.05) is 24.3 Å². The summed E-state index contributed by atoms with van der Waals surface area (Å²) >= 11 is 6.42. The highest BCUT2D eigenvalue weighted by molar-refractivity contribution is 6.30. The zero-order chi connectivity index (χ0) is 28.6. The molecule has 1 saturated carbocycles. The van der Waals surface area contributed by atoms with E-state index in [4.69, 9.17) is 42.2 Å². The van der Waals surface area contributed by atoms with E-state index in [0.29, 0.717) is 22.3 Å². The number of halogens is 1. The summed E-state index contributed by atoms with van der Waals surface area (Å²) in [6.45, 7) is 8.22. The van der Waals surface area contributed by atoms with Gasteiger partial charge in [0.25, 0.3) is 12.3 Å². The molecule has 216 valence electrons. The minimum Gasteiger partial charge on any atom is -0.432 e. The number of nitrogens with two attached hydrogens (primary N) is 1. The molecule has 2 fully saturated rings. The van der Waals surface area contributed by atoms with Gasteiger partial charge in [0.05, 0.1) is 11.6 Å².